The lowest BCUT2D eigenvalue weighted by Gasteiger charge is -2.09. The summed E-state index contributed by atoms with van der Waals surface area (Å²) in [5, 5.41) is 0.488. The summed E-state index contributed by atoms with van der Waals surface area (Å²) in [6.45, 7) is 0. The Bertz CT molecular complexity index is 370. The molecule has 3 heteroatoms. The molecule has 0 atom stereocenters. The number of rotatable bonds is 3. The normalized spacial score (nSPS) is 16.3. The minimum Gasteiger partial charge on any atom is -0.425 e. The second-order valence-electron chi connectivity index (χ2n) is 4.26. The molecule has 2 rings (SSSR count). The van der Waals surface area contributed by atoms with Gasteiger partial charge in [-0.3, -0.25) is 4.79 Å². The van der Waals surface area contributed by atoms with E-state index in [4.69, 9.17) is 16.3 Å². The summed E-state index contributed by atoms with van der Waals surface area (Å²) in [6, 6.07) is 7.06. The number of ether oxygens (including phenoxy) is 1. The van der Waals surface area contributed by atoms with Gasteiger partial charge in [0.1, 0.15) is 5.75 Å². The van der Waals surface area contributed by atoms with Gasteiger partial charge in [0.15, 0.2) is 0 Å². The fraction of sp³-hybridized carbons (Fsp3) is 0.462. The molecular weight excluding hydrogens is 224 g/mol. The van der Waals surface area contributed by atoms with E-state index >= 15 is 0 Å². The number of esters is 1. The lowest BCUT2D eigenvalue weighted by atomic mass is 10.0. The number of benzene rings is 1. The first-order valence-electron chi connectivity index (χ1n) is 5.71. The molecule has 1 aliphatic carbocycles. The van der Waals surface area contributed by atoms with E-state index in [0.29, 0.717) is 23.1 Å². The summed E-state index contributed by atoms with van der Waals surface area (Å²) in [4.78, 5) is 11.6. The molecule has 0 aromatic heterocycles. The SMILES string of the molecule is O=C(CC1CCCC1)Oc1ccccc1Cl. The van der Waals surface area contributed by atoms with Crippen LogP contribution in [0.15, 0.2) is 24.3 Å². The third-order valence-corrected chi connectivity index (χ3v) is 3.30. The number of para-hydroxylation sites is 1. The smallest absolute Gasteiger partial charge is 0.311 e. The third kappa shape index (κ3) is 2.99. The number of carbonyl (C=O) groups is 1. The molecule has 0 spiro atoms. The lowest BCUT2D eigenvalue weighted by Crippen LogP contribution is -2.12. The van der Waals surface area contributed by atoms with Crippen molar-refractivity contribution >= 4 is 17.6 Å². The minimum atomic E-state index is -0.167. The van der Waals surface area contributed by atoms with Crippen molar-refractivity contribution in [3.8, 4) is 5.75 Å². The van der Waals surface area contributed by atoms with Crippen LogP contribution in [0, 0.1) is 5.92 Å². The summed E-state index contributed by atoms with van der Waals surface area (Å²) in [7, 11) is 0. The highest BCUT2D eigenvalue weighted by atomic mass is 35.5. The van der Waals surface area contributed by atoms with Gasteiger partial charge in [-0.1, -0.05) is 36.6 Å². The van der Waals surface area contributed by atoms with Crippen LogP contribution in [-0.4, -0.2) is 5.97 Å². The van der Waals surface area contributed by atoms with E-state index in [0.717, 1.165) is 12.8 Å². The maximum atomic E-state index is 11.6. The van der Waals surface area contributed by atoms with E-state index in [1.807, 2.05) is 12.1 Å². The average molecular weight is 239 g/mol. The van der Waals surface area contributed by atoms with Crippen LogP contribution >= 0.6 is 11.6 Å². The monoisotopic (exact) mass is 238 g/mol. The molecule has 86 valence electrons. The van der Waals surface area contributed by atoms with Crippen LogP contribution in [0.1, 0.15) is 32.1 Å². The van der Waals surface area contributed by atoms with Crippen molar-refractivity contribution in [2.75, 3.05) is 0 Å². The first-order chi connectivity index (χ1) is 7.75. The first-order valence-corrected chi connectivity index (χ1v) is 6.08. The highest BCUT2D eigenvalue weighted by Crippen LogP contribution is 2.29. The van der Waals surface area contributed by atoms with Crippen molar-refractivity contribution in [3.05, 3.63) is 29.3 Å². The van der Waals surface area contributed by atoms with Gasteiger partial charge in [0, 0.05) is 6.42 Å². The molecule has 0 bridgehead atoms. The molecule has 0 aliphatic heterocycles. The molecule has 2 nitrogen and oxygen atoms in total. The van der Waals surface area contributed by atoms with Crippen molar-refractivity contribution in [3.63, 3.8) is 0 Å². The van der Waals surface area contributed by atoms with Gasteiger partial charge in [0.05, 0.1) is 5.02 Å². The Labute approximate surface area is 101 Å². The van der Waals surface area contributed by atoms with Crippen molar-refractivity contribution in [2.24, 2.45) is 5.92 Å². The minimum absolute atomic E-state index is 0.167. The molecule has 16 heavy (non-hydrogen) atoms. The molecule has 1 aromatic rings. The van der Waals surface area contributed by atoms with E-state index < -0.39 is 0 Å². The maximum Gasteiger partial charge on any atom is 0.311 e. The highest BCUT2D eigenvalue weighted by molar-refractivity contribution is 6.32. The van der Waals surface area contributed by atoms with Crippen molar-refractivity contribution in [1.82, 2.24) is 0 Å². The summed E-state index contributed by atoms with van der Waals surface area (Å²) in [6.07, 6.45) is 5.30. The van der Waals surface area contributed by atoms with E-state index in [-0.39, 0.29) is 5.97 Å². The Morgan fingerprint density at radius 1 is 1.31 bits per heavy atom. The molecule has 1 fully saturated rings. The fourth-order valence-electron chi connectivity index (χ4n) is 2.14. The van der Waals surface area contributed by atoms with Crippen molar-refractivity contribution in [1.29, 1.82) is 0 Å². The highest BCUT2D eigenvalue weighted by Gasteiger charge is 2.19. The zero-order valence-corrected chi connectivity index (χ0v) is 9.87. The number of halogens is 1. The van der Waals surface area contributed by atoms with Gasteiger partial charge in [-0.05, 0) is 30.9 Å². The molecule has 1 aromatic carbocycles. The lowest BCUT2D eigenvalue weighted by molar-refractivity contribution is -0.135. The topological polar surface area (TPSA) is 26.3 Å². The van der Waals surface area contributed by atoms with Crippen molar-refractivity contribution in [2.45, 2.75) is 32.1 Å². The number of carbonyl (C=O) groups excluding carboxylic acids is 1. The quantitative estimate of drug-likeness (QED) is 0.591. The van der Waals surface area contributed by atoms with Crippen LogP contribution in [0.2, 0.25) is 5.02 Å². The zero-order chi connectivity index (χ0) is 11.4. The van der Waals surface area contributed by atoms with Gasteiger partial charge < -0.3 is 4.74 Å². The van der Waals surface area contributed by atoms with Gasteiger partial charge in [0.25, 0.3) is 0 Å². The van der Waals surface area contributed by atoms with Crippen LogP contribution in [0.5, 0.6) is 5.75 Å². The second-order valence-corrected chi connectivity index (χ2v) is 4.67. The second kappa shape index (κ2) is 5.35. The summed E-state index contributed by atoms with van der Waals surface area (Å²) < 4.78 is 5.24. The van der Waals surface area contributed by atoms with Gasteiger partial charge in [-0.25, -0.2) is 0 Å². The van der Waals surface area contributed by atoms with Crippen LogP contribution in [0.25, 0.3) is 0 Å². The Morgan fingerprint density at radius 3 is 2.69 bits per heavy atom. The van der Waals surface area contributed by atoms with E-state index in [2.05, 4.69) is 0 Å². The Morgan fingerprint density at radius 2 is 2.00 bits per heavy atom. The summed E-state index contributed by atoms with van der Waals surface area (Å²) in [5.74, 6) is 0.808. The number of hydrogen-bond acceptors (Lipinski definition) is 2. The summed E-state index contributed by atoms with van der Waals surface area (Å²) in [5.41, 5.74) is 0. The molecule has 1 saturated carbocycles. The standard InChI is InChI=1S/C13H15ClO2/c14-11-7-3-4-8-12(11)16-13(15)9-10-5-1-2-6-10/h3-4,7-8,10H,1-2,5-6,9H2. The van der Waals surface area contributed by atoms with E-state index in [9.17, 15) is 4.79 Å². The third-order valence-electron chi connectivity index (χ3n) is 2.99. The predicted octanol–water partition coefficient (Wildman–Crippen LogP) is 3.83. The van der Waals surface area contributed by atoms with Gasteiger partial charge >= 0.3 is 5.97 Å². The number of hydrogen-bond donors (Lipinski definition) is 0. The Balaban J connectivity index is 1.89. The first kappa shape index (κ1) is 11.5. The largest absolute Gasteiger partial charge is 0.425 e. The molecular formula is C13H15ClO2. The molecule has 0 amide bonds. The molecule has 0 unspecified atom stereocenters. The molecule has 0 radical (unpaired) electrons. The van der Waals surface area contributed by atoms with Crippen molar-refractivity contribution < 1.29 is 9.53 Å². The maximum absolute atomic E-state index is 11.6. The fourth-order valence-corrected chi connectivity index (χ4v) is 2.32. The molecule has 0 heterocycles. The predicted molar refractivity (Wildman–Crippen MR) is 63.7 cm³/mol. The van der Waals surface area contributed by atoms with E-state index in [1.165, 1.54) is 12.8 Å². The van der Waals surface area contributed by atoms with Crippen LogP contribution in [-0.2, 0) is 4.79 Å². The average Bonchev–Trinajstić information content (AvgIpc) is 2.74. The van der Waals surface area contributed by atoms with Crippen LogP contribution in [0.4, 0.5) is 0 Å². The van der Waals surface area contributed by atoms with Crippen LogP contribution in [0.3, 0.4) is 0 Å². The van der Waals surface area contributed by atoms with Gasteiger partial charge in [0.2, 0.25) is 0 Å². The summed E-state index contributed by atoms with van der Waals surface area (Å²) >= 11 is 5.91. The van der Waals surface area contributed by atoms with Gasteiger partial charge in [-0.2, -0.15) is 0 Å². The van der Waals surface area contributed by atoms with Crippen LogP contribution < -0.4 is 4.74 Å². The Hall–Kier alpha value is -1.02. The van der Waals surface area contributed by atoms with E-state index in [1.54, 1.807) is 12.1 Å². The molecule has 1 aliphatic rings. The Kier molecular flexibility index (Phi) is 3.83. The zero-order valence-electron chi connectivity index (χ0n) is 9.12. The van der Waals surface area contributed by atoms with Gasteiger partial charge in [-0.15, -0.1) is 0 Å². The molecule has 0 N–H and O–H groups in total. The molecule has 0 saturated heterocycles.